The van der Waals surface area contributed by atoms with Gasteiger partial charge in [-0.25, -0.2) is 17.8 Å². The van der Waals surface area contributed by atoms with E-state index in [-0.39, 0.29) is 11.6 Å². The van der Waals surface area contributed by atoms with Crippen molar-refractivity contribution in [1.29, 1.82) is 0 Å². The maximum Gasteiger partial charge on any atom is 0.250 e. The van der Waals surface area contributed by atoms with Gasteiger partial charge in [0.15, 0.2) is 0 Å². The van der Waals surface area contributed by atoms with Crippen molar-refractivity contribution >= 4 is 21.4 Å². The zero-order chi connectivity index (χ0) is 22.4. The Morgan fingerprint density at radius 2 is 1.61 bits per heavy atom. The molecule has 0 fully saturated rings. The second-order valence-corrected chi connectivity index (χ2v) is 8.03. The molecule has 0 spiro atoms. The molecule has 1 N–H and O–H groups in total. The Labute approximate surface area is 177 Å². The van der Waals surface area contributed by atoms with Gasteiger partial charge in [-0.3, -0.25) is 4.79 Å². The largest absolute Gasteiger partial charge is 0.496 e. The van der Waals surface area contributed by atoms with Crippen molar-refractivity contribution in [2.24, 2.45) is 0 Å². The third-order valence-corrected chi connectivity index (χ3v) is 5.28. The first kappa shape index (κ1) is 22.0. The van der Waals surface area contributed by atoms with Crippen LogP contribution in [0.3, 0.4) is 0 Å². The smallest absolute Gasteiger partial charge is 0.250 e. The molecule has 0 saturated carbocycles. The summed E-state index contributed by atoms with van der Waals surface area (Å²) in [6, 6.07) is 11.0. The Kier molecular flexibility index (Phi) is 6.65. The summed E-state index contributed by atoms with van der Waals surface area (Å²) in [4.78, 5) is 19.7. The second kappa shape index (κ2) is 9.39. The Bertz CT molecular complexity index is 1160. The molecule has 1 heterocycles. The fourth-order valence-corrected chi connectivity index (χ4v) is 3.46. The maximum atomic E-state index is 12.9. The molecule has 31 heavy (non-hydrogen) atoms. The minimum Gasteiger partial charge on any atom is -0.496 e. The second-order valence-electron chi connectivity index (χ2n) is 6.14. The number of aromatic nitrogens is 2. The fraction of sp³-hybridized carbons (Fsp3) is 0.150. The molecule has 0 atom stereocenters. The van der Waals surface area contributed by atoms with Crippen LogP contribution in [0.25, 0.3) is 0 Å². The molecule has 0 bridgehead atoms. The Morgan fingerprint density at radius 3 is 2.23 bits per heavy atom. The number of methoxy groups -OCH3 is 2. The Balaban J connectivity index is 1.75. The highest BCUT2D eigenvalue weighted by Gasteiger charge is 2.23. The molecular formula is C20H18FN3O6S. The molecule has 0 unspecified atom stereocenters. The quantitative estimate of drug-likeness (QED) is 0.524. The van der Waals surface area contributed by atoms with E-state index < -0.39 is 32.5 Å². The van der Waals surface area contributed by atoms with E-state index in [2.05, 4.69) is 15.3 Å². The third kappa shape index (κ3) is 5.89. The topological polar surface area (TPSA) is 117 Å². The van der Waals surface area contributed by atoms with Gasteiger partial charge in [0.2, 0.25) is 21.6 Å². The van der Waals surface area contributed by atoms with E-state index in [1.807, 2.05) is 0 Å². The van der Waals surface area contributed by atoms with E-state index in [0.717, 1.165) is 12.1 Å². The summed E-state index contributed by atoms with van der Waals surface area (Å²) in [5.41, 5.74) is 0.256. The zero-order valence-corrected chi connectivity index (χ0v) is 17.3. The monoisotopic (exact) mass is 447 g/mol. The lowest BCUT2D eigenvalue weighted by molar-refractivity contribution is -0.113. The number of rotatable bonds is 8. The van der Waals surface area contributed by atoms with Crippen LogP contribution in [0.2, 0.25) is 0 Å². The van der Waals surface area contributed by atoms with Gasteiger partial charge >= 0.3 is 0 Å². The summed E-state index contributed by atoms with van der Waals surface area (Å²) in [5, 5.41) is 1.80. The number of halogens is 1. The molecule has 0 aliphatic rings. The third-order valence-electron chi connectivity index (χ3n) is 3.88. The Morgan fingerprint density at radius 1 is 1.00 bits per heavy atom. The predicted octanol–water partition coefficient (Wildman–Crippen LogP) is 2.84. The van der Waals surface area contributed by atoms with Crippen LogP contribution in [0.15, 0.2) is 59.9 Å². The van der Waals surface area contributed by atoms with Gasteiger partial charge in [-0.05, 0) is 24.3 Å². The number of ether oxygens (including phenoxy) is 3. The molecule has 3 rings (SSSR count). The maximum absolute atomic E-state index is 12.9. The summed E-state index contributed by atoms with van der Waals surface area (Å²) in [6.45, 7) is 0. The number of amides is 1. The lowest BCUT2D eigenvalue weighted by Gasteiger charge is -2.10. The first-order valence-electron chi connectivity index (χ1n) is 8.81. The van der Waals surface area contributed by atoms with Crippen molar-refractivity contribution < 1.29 is 31.8 Å². The predicted molar refractivity (Wildman–Crippen MR) is 109 cm³/mol. The highest BCUT2D eigenvalue weighted by molar-refractivity contribution is 7.92. The number of nitrogens with one attached hydrogen (secondary N) is 1. The molecule has 162 valence electrons. The average Bonchev–Trinajstić information content (AvgIpc) is 2.75. The van der Waals surface area contributed by atoms with Crippen molar-refractivity contribution in [3.63, 3.8) is 0 Å². The molecular weight excluding hydrogens is 429 g/mol. The van der Waals surface area contributed by atoms with Gasteiger partial charge in [0.25, 0.3) is 5.16 Å². The van der Waals surface area contributed by atoms with Gasteiger partial charge in [-0.2, -0.15) is 4.98 Å². The number of hydrogen-bond acceptors (Lipinski definition) is 8. The number of sulfone groups is 1. The molecule has 0 aliphatic heterocycles. The fourth-order valence-electron chi connectivity index (χ4n) is 2.46. The standard InChI is InChI=1S/C20H18FN3O6S/c1-28-15-9-16(29-2)11-17(10-15)30-19-7-8-22-20(24-19)31(26,27)12-18(25)23-14-5-3-13(21)4-6-14/h3-11H,12H2,1-2H3,(H,23,25). The summed E-state index contributed by atoms with van der Waals surface area (Å²) in [5.74, 6) is -1.03. The SMILES string of the molecule is COc1cc(OC)cc(Oc2ccnc(S(=O)(=O)CC(=O)Nc3ccc(F)cc3)n2)c1. The first-order chi connectivity index (χ1) is 14.8. The normalized spacial score (nSPS) is 10.9. The van der Waals surface area contributed by atoms with Crippen LogP contribution in [-0.2, 0) is 14.6 Å². The van der Waals surface area contributed by atoms with Gasteiger partial charge in [-0.15, -0.1) is 0 Å². The van der Waals surface area contributed by atoms with Crippen molar-refractivity contribution in [3.05, 3.63) is 60.5 Å². The van der Waals surface area contributed by atoms with Crippen LogP contribution in [0, 0.1) is 5.82 Å². The van der Waals surface area contributed by atoms with Crippen LogP contribution in [0.5, 0.6) is 23.1 Å². The highest BCUT2D eigenvalue weighted by Crippen LogP contribution is 2.30. The van der Waals surface area contributed by atoms with E-state index in [1.54, 1.807) is 18.2 Å². The molecule has 2 aromatic carbocycles. The summed E-state index contributed by atoms with van der Waals surface area (Å²) in [6.07, 6.45) is 1.20. The van der Waals surface area contributed by atoms with E-state index in [0.29, 0.717) is 17.2 Å². The number of benzene rings is 2. The first-order valence-corrected chi connectivity index (χ1v) is 10.5. The van der Waals surface area contributed by atoms with Crippen molar-refractivity contribution in [1.82, 2.24) is 9.97 Å². The minimum absolute atomic E-state index is 0.0529. The Hall–Kier alpha value is -3.73. The van der Waals surface area contributed by atoms with Crippen LogP contribution < -0.4 is 19.5 Å². The summed E-state index contributed by atoms with van der Waals surface area (Å²) < 4.78 is 54.0. The molecule has 0 saturated heterocycles. The van der Waals surface area contributed by atoms with Gasteiger partial charge in [0.1, 0.15) is 28.8 Å². The molecule has 3 aromatic rings. The van der Waals surface area contributed by atoms with Crippen molar-refractivity contribution in [2.45, 2.75) is 5.16 Å². The number of hydrogen-bond donors (Lipinski definition) is 1. The molecule has 9 nitrogen and oxygen atoms in total. The van der Waals surface area contributed by atoms with Gasteiger partial charge < -0.3 is 19.5 Å². The molecule has 0 aliphatic carbocycles. The molecule has 0 radical (unpaired) electrons. The van der Waals surface area contributed by atoms with Crippen LogP contribution in [0.1, 0.15) is 0 Å². The summed E-state index contributed by atoms with van der Waals surface area (Å²) in [7, 11) is -1.21. The van der Waals surface area contributed by atoms with Gasteiger partial charge in [-0.1, -0.05) is 0 Å². The zero-order valence-electron chi connectivity index (χ0n) is 16.5. The van der Waals surface area contributed by atoms with Gasteiger partial charge in [0.05, 0.1) is 14.2 Å². The van der Waals surface area contributed by atoms with Gasteiger partial charge in [0, 0.05) is 36.1 Å². The molecule has 1 amide bonds. The number of carbonyl (C=O) groups excluding carboxylic acids is 1. The van der Waals surface area contributed by atoms with Crippen LogP contribution >= 0.6 is 0 Å². The van der Waals surface area contributed by atoms with E-state index in [9.17, 15) is 17.6 Å². The lowest BCUT2D eigenvalue weighted by Crippen LogP contribution is -2.24. The number of carbonyl (C=O) groups is 1. The van der Waals surface area contributed by atoms with Crippen molar-refractivity contribution in [3.8, 4) is 23.1 Å². The van der Waals surface area contributed by atoms with E-state index in [1.165, 1.54) is 38.6 Å². The number of nitrogens with zero attached hydrogens (tertiary/aromatic N) is 2. The van der Waals surface area contributed by atoms with Crippen LogP contribution in [-0.4, -0.2) is 44.3 Å². The molecule has 1 aromatic heterocycles. The lowest BCUT2D eigenvalue weighted by atomic mass is 10.3. The molecule has 11 heteroatoms. The summed E-state index contributed by atoms with van der Waals surface area (Å²) >= 11 is 0. The highest BCUT2D eigenvalue weighted by atomic mass is 32.2. The van der Waals surface area contributed by atoms with Crippen molar-refractivity contribution in [2.75, 3.05) is 25.3 Å². The number of anilines is 1. The van der Waals surface area contributed by atoms with E-state index >= 15 is 0 Å². The van der Waals surface area contributed by atoms with E-state index in [4.69, 9.17) is 14.2 Å². The minimum atomic E-state index is -4.17. The average molecular weight is 447 g/mol. The van der Waals surface area contributed by atoms with Crippen LogP contribution in [0.4, 0.5) is 10.1 Å².